The maximum atomic E-state index is 5.74. The maximum absolute atomic E-state index is 5.74. The Balaban J connectivity index is 0.00000162. The highest BCUT2D eigenvalue weighted by atomic mass is 127. The van der Waals surface area contributed by atoms with E-state index in [4.69, 9.17) is 4.74 Å². The first-order valence-electron chi connectivity index (χ1n) is 6.88. The molecule has 0 amide bonds. The van der Waals surface area contributed by atoms with Crippen molar-refractivity contribution < 1.29 is 4.74 Å². The predicted octanol–water partition coefficient (Wildman–Crippen LogP) is 2.14. The van der Waals surface area contributed by atoms with Crippen molar-refractivity contribution in [3.05, 3.63) is 0 Å². The van der Waals surface area contributed by atoms with E-state index in [2.05, 4.69) is 29.5 Å². The largest absolute Gasteiger partial charge is 0.373 e. The number of guanidine groups is 1. The van der Waals surface area contributed by atoms with E-state index in [0.29, 0.717) is 0 Å². The summed E-state index contributed by atoms with van der Waals surface area (Å²) >= 11 is 0. The first-order chi connectivity index (χ1) is 8.22. The Kier molecular flexibility index (Phi) is 6.70. The molecule has 1 aliphatic heterocycles. The third kappa shape index (κ3) is 5.30. The van der Waals surface area contributed by atoms with E-state index in [9.17, 15) is 0 Å². The highest BCUT2D eigenvalue weighted by molar-refractivity contribution is 14.0. The van der Waals surface area contributed by atoms with Crippen molar-refractivity contribution in [1.29, 1.82) is 0 Å². The van der Waals surface area contributed by atoms with Gasteiger partial charge in [-0.15, -0.1) is 24.0 Å². The molecule has 1 heterocycles. The molecule has 1 saturated carbocycles. The first-order valence-corrected chi connectivity index (χ1v) is 6.88. The number of nitrogens with zero attached hydrogens (tertiary/aromatic N) is 1. The summed E-state index contributed by atoms with van der Waals surface area (Å²) in [7, 11) is 0. The lowest BCUT2D eigenvalue weighted by molar-refractivity contribution is 0.0283. The smallest absolute Gasteiger partial charge is 0.191 e. The standard InChI is InChI=1S/C13H25N3O.HI/c1-3-14-12(15-9-11-5-6-11)16-10-13(2)7-4-8-17-13;/h11H,3-10H2,1-2H3,(H2,14,15,16);1H. The van der Waals surface area contributed by atoms with Gasteiger partial charge < -0.3 is 15.4 Å². The van der Waals surface area contributed by atoms with E-state index in [1.165, 1.54) is 12.8 Å². The van der Waals surface area contributed by atoms with Crippen LogP contribution in [0, 0.1) is 5.92 Å². The molecular weight excluding hydrogens is 341 g/mol. The molecule has 2 N–H and O–H groups in total. The van der Waals surface area contributed by atoms with Crippen LogP contribution in [0.15, 0.2) is 4.99 Å². The Morgan fingerprint density at radius 1 is 1.39 bits per heavy atom. The van der Waals surface area contributed by atoms with Gasteiger partial charge in [-0.05, 0) is 45.4 Å². The first kappa shape index (κ1) is 16.0. The molecule has 2 fully saturated rings. The molecular formula is C13H26IN3O. The summed E-state index contributed by atoms with van der Waals surface area (Å²) in [4.78, 5) is 4.64. The van der Waals surface area contributed by atoms with E-state index in [1.54, 1.807) is 0 Å². The van der Waals surface area contributed by atoms with E-state index in [0.717, 1.165) is 51.0 Å². The Morgan fingerprint density at radius 3 is 2.72 bits per heavy atom. The summed E-state index contributed by atoms with van der Waals surface area (Å²) in [5.74, 6) is 1.81. The van der Waals surface area contributed by atoms with Gasteiger partial charge in [0.2, 0.25) is 0 Å². The molecule has 0 bridgehead atoms. The number of ether oxygens (including phenoxy) is 1. The summed E-state index contributed by atoms with van der Waals surface area (Å²) in [5.41, 5.74) is -0.0397. The molecule has 1 saturated heterocycles. The fourth-order valence-electron chi connectivity index (χ4n) is 2.11. The molecule has 0 aromatic heterocycles. The highest BCUT2D eigenvalue weighted by Crippen LogP contribution is 2.27. The molecule has 0 aromatic carbocycles. The minimum Gasteiger partial charge on any atom is -0.373 e. The van der Waals surface area contributed by atoms with Crippen LogP contribution in [-0.4, -0.2) is 37.8 Å². The van der Waals surface area contributed by atoms with Gasteiger partial charge in [-0.25, -0.2) is 0 Å². The SMILES string of the molecule is CCNC(=NCC1(C)CCCO1)NCC1CC1.I. The Labute approximate surface area is 127 Å². The van der Waals surface area contributed by atoms with Gasteiger partial charge in [0, 0.05) is 19.7 Å². The number of nitrogens with one attached hydrogen (secondary N) is 2. The topological polar surface area (TPSA) is 45.7 Å². The van der Waals surface area contributed by atoms with Crippen molar-refractivity contribution in [2.24, 2.45) is 10.9 Å². The fraction of sp³-hybridized carbons (Fsp3) is 0.923. The van der Waals surface area contributed by atoms with Crippen LogP contribution in [0.5, 0.6) is 0 Å². The second kappa shape index (κ2) is 7.53. The molecule has 1 atom stereocenters. The van der Waals surface area contributed by atoms with Crippen molar-refractivity contribution in [1.82, 2.24) is 10.6 Å². The van der Waals surface area contributed by atoms with Crippen LogP contribution in [0.2, 0.25) is 0 Å². The fourth-order valence-corrected chi connectivity index (χ4v) is 2.11. The van der Waals surface area contributed by atoms with Gasteiger partial charge in [0.15, 0.2) is 5.96 Å². The van der Waals surface area contributed by atoms with Gasteiger partial charge in [0.05, 0.1) is 12.1 Å². The van der Waals surface area contributed by atoms with E-state index < -0.39 is 0 Å². The zero-order valence-electron chi connectivity index (χ0n) is 11.5. The molecule has 0 radical (unpaired) electrons. The van der Waals surface area contributed by atoms with Crippen molar-refractivity contribution >= 4 is 29.9 Å². The second-order valence-electron chi connectivity index (χ2n) is 5.42. The minimum atomic E-state index is -0.0397. The molecule has 4 nitrogen and oxygen atoms in total. The van der Waals surface area contributed by atoms with Crippen molar-refractivity contribution in [3.8, 4) is 0 Å². The average molecular weight is 367 g/mol. The van der Waals surface area contributed by atoms with Gasteiger partial charge in [0.1, 0.15) is 0 Å². The van der Waals surface area contributed by atoms with Crippen LogP contribution < -0.4 is 10.6 Å². The minimum absolute atomic E-state index is 0. The van der Waals surface area contributed by atoms with E-state index in [-0.39, 0.29) is 29.6 Å². The molecule has 1 unspecified atom stereocenters. The normalized spacial score (nSPS) is 27.8. The summed E-state index contributed by atoms with van der Waals surface area (Å²) in [6.45, 7) is 7.87. The van der Waals surface area contributed by atoms with Crippen LogP contribution in [0.3, 0.4) is 0 Å². The third-order valence-electron chi connectivity index (χ3n) is 3.47. The molecule has 1 aliphatic carbocycles. The number of hydrogen-bond donors (Lipinski definition) is 2. The van der Waals surface area contributed by atoms with E-state index >= 15 is 0 Å². The van der Waals surface area contributed by atoms with Crippen molar-refractivity contribution in [2.75, 3.05) is 26.2 Å². The van der Waals surface area contributed by atoms with Gasteiger partial charge in [-0.1, -0.05) is 0 Å². The zero-order valence-corrected chi connectivity index (χ0v) is 13.8. The number of aliphatic imine (C=N–C) groups is 1. The van der Waals surface area contributed by atoms with Crippen LogP contribution in [0.1, 0.15) is 39.5 Å². The molecule has 0 aromatic rings. The zero-order chi connectivity index (χ0) is 12.1. The summed E-state index contributed by atoms with van der Waals surface area (Å²) in [6.07, 6.45) is 5.02. The molecule has 5 heteroatoms. The van der Waals surface area contributed by atoms with E-state index in [1.807, 2.05) is 0 Å². The van der Waals surface area contributed by atoms with Gasteiger partial charge in [-0.3, -0.25) is 4.99 Å². The van der Waals surface area contributed by atoms with Crippen LogP contribution in [-0.2, 0) is 4.74 Å². The quantitative estimate of drug-likeness (QED) is 0.445. The van der Waals surface area contributed by atoms with Crippen molar-refractivity contribution in [2.45, 2.75) is 45.1 Å². The molecule has 106 valence electrons. The molecule has 2 aliphatic rings. The Hall–Kier alpha value is -0.0400. The van der Waals surface area contributed by atoms with Gasteiger partial charge in [0.25, 0.3) is 0 Å². The lowest BCUT2D eigenvalue weighted by atomic mass is 10.0. The predicted molar refractivity (Wildman–Crippen MR) is 85.7 cm³/mol. The second-order valence-corrected chi connectivity index (χ2v) is 5.42. The number of rotatable bonds is 5. The molecule has 0 spiro atoms. The average Bonchev–Trinajstić information content (AvgIpc) is 3.05. The lowest BCUT2D eigenvalue weighted by Crippen LogP contribution is -2.40. The highest BCUT2D eigenvalue weighted by Gasteiger charge is 2.29. The number of hydrogen-bond acceptors (Lipinski definition) is 2. The monoisotopic (exact) mass is 367 g/mol. The number of halogens is 1. The Morgan fingerprint density at radius 2 is 2.17 bits per heavy atom. The molecule has 18 heavy (non-hydrogen) atoms. The third-order valence-corrected chi connectivity index (χ3v) is 3.47. The van der Waals surface area contributed by atoms with Gasteiger partial charge >= 0.3 is 0 Å². The summed E-state index contributed by atoms with van der Waals surface area (Å²) in [5, 5.41) is 6.70. The van der Waals surface area contributed by atoms with Crippen LogP contribution in [0.25, 0.3) is 0 Å². The Bertz CT molecular complexity index is 273. The molecule has 2 rings (SSSR count). The van der Waals surface area contributed by atoms with Crippen LogP contribution in [0.4, 0.5) is 0 Å². The van der Waals surface area contributed by atoms with Gasteiger partial charge in [-0.2, -0.15) is 0 Å². The summed E-state index contributed by atoms with van der Waals surface area (Å²) < 4.78 is 5.74. The maximum Gasteiger partial charge on any atom is 0.191 e. The van der Waals surface area contributed by atoms with Crippen LogP contribution >= 0.6 is 24.0 Å². The van der Waals surface area contributed by atoms with Crippen molar-refractivity contribution in [3.63, 3.8) is 0 Å². The lowest BCUT2D eigenvalue weighted by Gasteiger charge is -2.21. The summed E-state index contributed by atoms with van der Waals surface area (Å²) in [6, 6.07) is 0.